The van der Waals surface area contributed by atoms with Crippen LogP contribution in [0.3, 0.4) is 0 Å². The van der Waals surface area contributed by atoms with Crippen molar-refractivity contribution >= 4 is 32.8 Å². The quantitative estimate of drug-likeness (QED) is 0.580. The zero-order valence-electron chi connectivity index (χ0n) is 13.7. The van der Waals surface area contributed by atoms with Gasteiger partial charge < -0.3 is 14.2 Å². The highest BCUT2D eigenvalue weighted by Crippen LogP contribution is 2.31. The molecule has 0 aliphatic heterocycles. The monoisotopic (exact) mass is 322 g/mol. The Labute approximate surface area is 138 Å². The lowest BCUT2D eigenvalue weighted by Crippen LogP contribution is -2.31. The molecule has 0 aliphatic carbocycles. The second kappa shape index (κ2) is 5.69. The van der Waals surface area contributed by atoms with E-state index < -0.39 is 0 Å². The van der Waals surface area contributed by atoms with Crippen LogP contribution in [-0.4, -0.2) is 36.9 Å². The molecule has 24 heavy (non-hydrogen) atoms. The van der Waals surface area contributed by atoms with Crippen LogP contribution in [0.1, 0.15) is 0 Å². The van der Waals surface area contributed by atoms with E-state index in [1.807, 2.05) is 67.5 Å². The van der Waals surface area contributed by atoms with Crippen LogP contribution in [0.2, 0.25) is 0 Å². The fraction of sp³-hybridized carbons (Fsp3) is 0.211. The molecule has 0 amide bonds. The lowest BCUT2D eigenvalue weighted by Gasteiger charge is -2.14. The number of hydrogen-bond acceptors (Lipinski definition) is 4. The summed E-state index contributed by atoms with van der Waals surface area (Å²) in [5, 5.41) is 2.25. The van der Waals surface area contributed by atoms with Crippen LogP contribution in [0.15, 0.2) is 57.7 Å². The van der Waals surface area contributed by atoms with Crippen LogP contribution in [0.25, 0.3) is 32.8 Å². The van der Waals surface area contributed by atoms with Gasteiger partial charge in [0.2, 0.25) is 0 Å². The van der Waals surface area contributed by atoms with Crippen molar-refractivity contribution in [1.82, 2.24) is 9.63 Å². The van der Waals surface area contributed by atoms with Crippen LogP contribution in [0, 0.1) is 0 Å². The molecule has 0 N–H and O–H groups in total. The van der Waals surface area contributed by atoms with Crippen molar-refractivity contribution in [3.8, 4) is 0 Å². The predicted octanol–water partition coefficient (Wildman–Crippen LogP) is 2.89. The molecule has 5 heteroatoms. The molecule has 2 aromatic heterocycles. The number of furan rings is 1. The largest absolute Gasteiger partial charge is 0.455 e. The van der Waals surface area contributed by atoms with Gasteiger partial charge in [0.15, 0.2) is 5.58 Å². The molecule has 0 saturated carbocycles. The van der Waals surface area contributed by atoms with Gasteiger partial charge in [0.1, 0.15) is 12.2 Å². The molecule has 5 nitrogen and oxygen atoms in total. The molecule has 0 bridgehead atoms. The summed E-state index contributed by atoms with van der Waals surface area (Å²) in [6, 6.07) is 15.2. The third-order valence-corrected chi connectivity index (χ3v) is 4.12. The van der Waals surface area contributed by atoms with Gasteiger partial charge in [0, 0.05) is 17.3 Å². The van der Waals surface area contributed by atoms with E-state index in [0.29, 0.717) is 28.7 Å². The van der Waals surface area contributed by atoms with Gasteiger partial charge in [-0.15, -0.1) is 4.73 Å². The number of fused-ring (bicyclic) bond motifs is 5. The van der Waals surface area contributed by atoms with Gasteiger partial charge >= 0.3 is 0 Å². The van der Waals surface area contributed by atoms with Crippen LogP contribution < -0.4 is 10.4 Å². The molecular weight excluding hydrogens is 304 g/mol. The molecule has 0 unspecified atom stereocenters. The Bertz CT molecular complexity index is 1090. The zero-order valence-corrected chi connectivity index (χ0v) is 13.7. The van der Waals surface area contributed by atoms with Gasteiger partial charge in [0.05, 0.1) is 10.9 Å². The Kier molecular flexibility index (Phi) is 3.50. The smallest absolute Gasteiger partial charge is 0.295 e. The number of pyridine rings is 1. The van der Waals surface area contributed by atoms with Crippen molar-refractivity contribution in [2.24, 2.45) is 0 Å². The highest BCUT2D eigenvalue weighted by atomic mass is 16.7. The number of para-hydroxylation sites is 2. The summed E-state index contributed by atoms with van der Waals surface area (Å²) in [6.07, 6.45) is 0. The van der Waals surface area contributed by atoms with E-state index in [9.17, 15) is 4.79 Å². The molecular formula is C19H18N2O3. The van der Waals surface area contributed by atoms with Gasteiger partial charge in [-0.25, -0.2) is 0 Å². The van der Waals surface area contributed by atoms with Crippen molar-refractivity contribution in [2.75, 3.05) is 27.2 Å². The highest BCUT2D eigenvalue weighted by molar-refractivity contribution is 6.13. The second-order valence-electron chi connectivity index (χ2n) is 6.06. The number of nitrogens with zero attached hydrogens (tertiary/aromatic N) is 2. The molecule has 2 heterocycles. The molecule has 0 spiro atoms. The molecule has 122 valence electrons. The molecule has 4 aromatic rings. The van der Waals surface area contributed by atoms with Crippen LogP contribution in [0.5, 0.6) is 0 Å². The average molecular weight is 322 g/mol. The summed E-state index contributed by atoms with van der Waals surface area (Å²) < 4.78 is 7.36. The van der Waals surface area contributed by atoms with E-state index in [1.54, 1.807) is 0 Å². The summed E-state index contributed by atoms with van der Waals surface area (Å²) in [6.45, 7) is 1.16. The lowest BCUT2D eigenvalue weighted by atomic mass is 10.1. The predicted molar refractivity (Wildman–Crippen MR) is 95.5 cm³/mol. The fourth-order valence-electron chi connectivity index (χ4n) is 2.94. The SMILES string of the molecule is CN(C)CCOn1c(=O)c2c3ccccc3oc2c2ccccc21. The molecule has 4 rings (SSSR count). The highest BCUT2D eigenvalue weighted by Gasteiger charge is 2.18. The molecule has 0 fully saturated rings. The van der Waals surface area contributed by atoms with Crippen molar-refractivity contribution in [3.05, 3.63) is 58.9 Å². The van der Waals surface area contributed by atoms with Gasteiger partial charge in [-0.1, -0.05) is 30.3 Å². The van der Waals surface area contributed by atoms with E-state index in [-0.39, 0.29) is 5.56 Å². The maximum Gasteiger partial charge on any atom is 0.295 e. The fourth-order valence-corrected chi connectivity index (χ4v) is 2.94. The maximum atomic E-state index is 13.1. The summed E-state index contributed by atoms with van der Waals surface area (Å²) in [5.41, 5.74) is 1.85. The number of hydrogen-bond donors (Lipinski definition) is 0. The molecule has 2 aromatic carbocycles. The first kappa shape index (κ1) is 14.8. The minimum absolute atomic E-state index is 0.188. The molecule has 0 aliphatic rings. The van der Waals surface area contributed by atoms with Gasteiger partial charge in [-0.3, -0.25) is 4.79 Å². The topological polar surface area (TPSA) is 47.6 Å². The Hall–Kier alpha value is -2.79. The normalized spacial score (nSPS) is 11.8. The van der Waals surface area contributed by atoms with Crippen molar-refractivity contribution in [3.63, 3.8) is 0 Å². The first-order chi connectivity index (χ1) is 11.7. The van der Waals surface area contributed by atoms with Gasteiger partial charge in [-0.2, -0.15) is 0 Å². The van der Waals surface area contributed by atoms with Crippen molar-refractivity contribution in [2.45, 2.75) is 0 Å². The summed E-state index contributed by atoms with van der Waals surface area (Å²) in [7, 11) is 3.94. The van der Waals surface area contributed by atoms with Gasteiger partial charge in [-0.05, 0) is 32.3 Å². The number of likely N-dealkylation sites (N-methyl/N-ethyl adjacent to an activating group) is 1. The van der Waals surface area contributed by atoms with Crippen LogP contribution >= 0.6 is 0 Å². The second-order valence-corrected chi connectivity index (χ2v) is 6.06. The van der Waals surface area contributed by atoms with Crippen LogP contribution in [-0.2, 0) is 0 Å². The minimum Gasteiger partial charge on any atom is -0.455 e. The molecule has 0 atom stereocenters. The summed E-state index contributed by atoms with van der Waals surface area (Å²) in [5.74, 6) is 0. The van der Waals surface area contributed by atoms with Crippen molar-refractivity contribution in [1.29, 1.82) is 0 Å². The van der Waals surface area contributed by atoms with E-state index in [2.05, 4.69) is 0 Å². The average Bonchev–Trinajstić information content (AvgIpc) is 2.97. The zero-order chi connectivity index (χ0) is 16.7. The third-order valence-electron chi connectivity index (χ3n) is 4.12. The Morgan fingerprint density at radius 3 is 2.54 bits per heavy atom. The van der Waals surface area contributed by atoms with E-state index in [0.717, 1.165) is 17.3 Å². The third kappa shape index (κ3) is 2.25. The first-order valence-corrected chi connectivity index (χ1v) is 7.90. The Balaban J connectivity index is 2.04. The number of rotatable bonds is 4. The first-order valence-electron chi connectivity index (χ1n) is 7.90. The van der Waals surface area contributed by atoms with Crippen LogP contribution in [0.4, 0.5) is 0 Å². The Morgan fingerprint density at radius 1 is 1.04 bits per heavy atom. The summed E-state index contributed by atoms with van der Waals surface area (Å²) in [4.78, 5) is 20.9. The Morgan fingerprint density at radius 2 is 1.75 bits per heavy atom. The van der Waals surface area contributed by atoms with Gasteiger partial charge in [0.25, 0.3) is 5.56 Å². The standard InChI is InChI=1S/C19H18N2O3/c1-20(2)11-12-23-21-15-9-5-3-7-13(15)18-17(19(21)22)14-8-4-6-10-16(14)24-18/h3-10H,11-12H2,1-2H3. The van der Waals surface area contributed by atoms with E-state index >= 15 is 0 Å². The molecule has 0 saturated heterocycles. The lowest BCUT2D eigenvalue weighted by molar-refractivity contribution is 0.0994. The minimum atomic E-state index is -0.188. The van der Waals surface area contributed by atoms with Crippen molar-refractivity contribution < 1.29 is 9.25 Å². The number of aromatic nitrogens is 1. The van der Waals surface area contributed by atoms with E-state index in [4.69, 9.17) is 9.25 Å². The van der Waals surface area contributed by atoms with E-state index in [1.165, 1.54) is 4.73 Å². The summed E-state index contributed by atoms with van der Waals surface area (Å²) >= 11 is 0. The number of benzene rings is 2. The molecule has 0 radical (unpaired) electrons. The maximum absolute atomic E-state index is 13.1.